The van der Waals surface area contributed by atoms with Crippen LogP contribution < -0.4 is 14.8 Å². The summed E-state index contributed by atoms with van der Waals surface area (Å²) in [7, 11) is 1.57. The Kier molecular flexibility index (Phi) is 4.81. The maximum Gasteiger partial charge on any atom is 0.258 e. The number of rotatable bonds is 7. The second-order valence-electron chi connectivity index (χ2n) is 4.90. The van der Waals surface area contributed by atoms with Gasteiger partial charge in [-0.05, 0) is 24.3 Å². The van der Waals surface area contributed by atoms with Crippen molar-refractivity contribution < 1.29 is 23.2 Å². The summed E-state index contributed by atoms with van der Waals surface area (Å²) in [5.41, 5.74) is 0.594. The zero-order valence-corrected chi connectivity index (χ0v) is 13.0. The van der Waals surface area contributed by atoms with Crippen molar-refractivity contribution in [1.82, 2.24) is 10.5 Å². The maximum absolute atomic E-state index is 11.8. The van der Waals surface area contributed by atoms with Crippen molar-refractivity contribution in [2.75, 3.05) is 13.7 Å². The average molecular weight is 328 g/mol. The Morgan fingerprint density at radius 2 is 2.04 bits per heavy atom. The van der Waals surface area contributed by atoms with E-state index in [-0.39, 0.29) is 19.1 Å². The molecular formula is C17H16N2O5. The van der Waals surface area contributed by atoms with Crippen molar-refractivity contribution in [2.45, 2.75) is 6.54 Å². The van der Waals surface area contributed by atoms with Crippen LogP contribution in [0.3, 0.4) is 0 Å². The van der Waals surface area contributed by atoms with Crippen LogP contribution in [-0.2, 0) is 11.3 Å². The number of ether oxygens (including phenoxy) is 2. The van der Waals surface area contributed by atoms with Crippen LogP contribution in [0.25, 0.3) is 11.5 Å². The predicted molar refractivity (Wildman–Crippen MR) is 84.5 cm³/mol. The van der Waals surface area contributed by atoms with Gasteiger partial charge in [-0.3, -0.25) is 4.79 Å². The Hall–Kier alpha value is -3.22. The minimum absolute atomic E-state index is 0.101. The van der Waals surface area contributed by atoms with Crippen molar-refractivity contribution in [3.63, 3.8) is 0 Å². The van der Waals surface area contributed by atoms with Gasteiger partial charge in [0.1, 0.15) is 17.2 Å². The summed E-state index contributed by atoms with van der Waals surface area (Å²) in [4.78, 5) is 11.8. The third-order valence-corrected chi connectivity index (χ3v) is 3.20. The van der Waals surface area contributed by atoms with Crippen LogP contribution in [0.2, 0.25) is 0 Å². The summed E-state index contributed by atoms with van der Waals surface area (Å²) in [5, 5.41) is 6.59. The second kappa shape index (κ2) is 7.36. The van der Waals surface area contributed by atoms with E-state index in [0.29, 0.717) is 28.7 Å². The number of hydrogen-bond donors (Lipinski definition) is 1. The van der Waals surface area contributed by atoms with Gasteiger partial charge in [0.15, 0.2) is 12.4 Å². The van der Waals surface area contributed by atoms with Crippen molar-refractivity contribution in [2.24, 2.45) is 0 Å². The Bertz CT molecular complexity index is 795. The largest absolute Gasteiger partial charge is 0.497 e. The highest BCUT2D eigenvalue weighted by Crippen LogP contribution is 2.20. The van der Waals surface area contributed by atoms with E-state index < -0.39 is 0 Å². The molecule has 1 amide bonds. The van der Waals surface area contributed by atoms with Crippen LogP contribution >= 0.6 is 0 Å². The average Bonchev–Trinajstić information content (AvgIpc) is 3.29. The van der Waals surface area contributed by atoms with Crippen LogP contribution in [0.1, 0.15) is 5.69 Å². The Morgan fingerprint density at radius 1 is 1.17 bits per heavy atom. The maximum atomic E-state index is 11.8. The summed E-state index contributed by atoms with van der Waals surface area (Å²) in [5.74, 6) is 2.06. The fourth-order valence-corrected chi connectivity index (χ4v) is 2.01. The van der Waals surface area contributed by atoms with Gasteiger partial charge in [0, 0.05) is 12.1 Å². The third kappa shape index (κ3) is 3.95. The number of amides is 1. The summed E-state index contributed by atoms with van der Waals surface area (Å²) in [6, 6.07) is 12.3. The number of methoxy groups -OCH3 is 1. The first-order valence-corrected chi connectivity index (χ1v) is 7.27. The quantitative estimate of drug-likeness (QED) is 0.717. The molecule has 0 radical (unpaired) electrons. The number of benzene rings is 1. The molecule has 0 spiro atoms. The summed E-state index contributed by atoms with van der Waals surface area (Å²) >= 11 is 0. The molecule has 1 aromatic carbocycles. The highest BCUT2D eigenvalue weighted by Gasteiger charge is 2.10. The van der Waals surface area contributed by atoms with Gasteiger partial charge in [-0.15, -0.1) is 0 Å². The molecule has 0 saturated heterocycles. The summed E-state index contributed by atoms with van der Waals surface area (Å²) in [6.07, 6.45) is 1.55. The number of furan rings is 1. The lowest BCUT2D eigenvalue weighted by molar-refractivity contribution is -0.123. The Morgan fingerprint density at radius 3 is 2.83 bits per heavy atom. The molecule has 3 rings (SSSR count). The number of carbonyl (C=O) groups excluding carboxylic acids is 1. The van der Waals surface area contributed by atoms with Gasteiger partial charge in [0.25, 0.3) is 5.91 Å². The lowest BCUT2D eigenvalue weighted by Crippen LogP contribution is -2.28. The van der Waals surface area contributed by atoms with Crippen molar-refractivity contribution in [3.05, 3.63) is 54.4 Å². The fraction of sp³-hybridized carbons (Fsp3) is 0.176. The monoisotopic (exact) mass is 328 g/mol. The molecule has 0 unspecified atom stereocenters. The zero-order valence-electron chi connectivity index (χ0n) is 13.0. The molecule has 0 aliphatic rings. The van der Waals surface area contributed by atoms with Gasteiger partial charge in [-0.1, -0.05) is 11.2 Å². The van der Waals surface area contributed by atoms with Gasteiger partial charge in [0.2, 0.25) is 5.76 Å². The summed E-state index contributed by atoms with van der Waals surface area (Å²) < 4.78 is 20.9. The lowest BCUT2D eigenvalue weighted by atomic mass is 10.3. The van der Waals surface area contributed by atoms with E-state index in [1.165, 1.54) is 0 Å². The fourth-order valence-electron chi connectivity index (χ4n) is 2.01. The second-order valence-corrected chi connectivity index (χ2v) is 4.90. The smallest absolute Gasteiger partial charge is 0.258 e. The molecule has 2 aromatic heterocycles. The number of carbonyl (C=O) groups is 1. The van der Waals surface area contributed by atoms with Crippen LogP contribution in [0.4, 0.5) is 0 Å². The molecule has 124 valence electrons. The van der Waals surface area contributed by atoms with Crippen molar-refractivity contribution in [3.8, 4) is 23.0 Å². The number of nitrogens with one attached hydrogen (secondary N) is 1. The van der Waals surface area contributed by atoms with Gasteiger partial charge in [-0.25, -0.2) is 0 Å². The zero-order chi connectivity index (χ0) is 16.8. The van der Waals surface area contributed by atoms with Crippen molar-refractivity contribution >= 4 is 5.91 Å². The molecule has 7 heteroatoms. The van der Waals surface area contributed by atoms with Gasteiger partial charge in [-0.2, -0.15) is 0 Å². The van der Waals surface area contributed by atoms with E-state index >= 15 is 0 Å². The molecule has 1 N–H and O–H groups in total. The van der Waals surface area contributed by atoms with Crippen LogP contribution in [0.15, 0.2) is 57.7 Å². The Balaban J connectivity index is 1.47. The Labute approximate surface area is 138 Å². The first-order chi connectivity index (χ1) is 11.7. The molecule has 0 aliphatic heterocycles. The van der Waals surface area contributed by atoms with E-state index in [9.17, 15) is 4.79 Å². The molecule has 0 bridgehead atoms. The summed E-state index contributed by atoms with van der Waals surface area (Å²) in [6.45, 7) is 0.139. The first-order valence-electron chi connectivity index (χ1n) is 7.27. The first kappa shape index (κ1) is 15.7. The number of nitrogens with zero attached hydrogens (tertiary/aromatic N) is 1. The van der Waals surface area contributed by atoms with E-state index in [4.69, 9.17) is 18.4 Å². The number of aromatic nitrogens is 1. The highest BCUT2D eigenvalue weighted by molar-refractivity contribution is 5.77. The highest BCUT2D eigenvalue weighted by atomic mass is 16.5. The van der Waals surface area contributed by atoms with E-state index in [1.54, 1.807) is 55.8 Å². The number of hydrogen-bond acceptors (Lipinski definition) is 6. The molecule has 0 saturated carbocycles. The topological polar surface area (TPSA) is 86.7 Å². The van der Waals surface area contributed by atoms with Gasteiger partial charge < -0.3 is 23.7 Å². The minimum Gasteiger partial charge on any atom is -0.497 e. The van der Waals surface area contributed by atoms with Crippen LogP contribution in [0.5, 0.6) is 11.5 Å². The van der Waals surface area contributed by atoms with Gasteiger partial charge >= 0.3 is 0 Å². The molecule has 0 aliphatic carbocycles. The SMILES string of the molecule is COc1cccc(OCC(=O)NCc2cc(-c3ccco3)on2)c1. The predicted octanol–water partition coefficient (Wildman–Crippen LogP) is 2.64. The van der Waals surface area contributed by atoms with Crippen LogP contribution in [0, 0.1) is 0 Å². The molecule has 0 fully saturated rings. The third-order valence-electron chi connectivity index (χ3n) is 3.20. The molecule has 24 heavy (non-hydrogen) atoms. The lowest BCUT2D eigenvalue weighted by Gasteiger charge is -2.07. The minimum atomic E-state index is -0.264. The standard InChI is InChI=1S/C17H16N2O5/c1-21-13-4-2-5-14(9-13)23-11-17(20)18-10-12-8-16(24-19-12)15-6-3-7-22-15/h2-9H,10-11H2,1H3,(H,18,20). The van der Waals surface area contributed by atoms with E-state index in [0.717, 1.165) is 0 Å². The normalized spacial score (nSPS) is 10.4. The molecular weight excluding hydrogens is 312 g/mol. The van der Waals surface area contributed by atoms with Gasteiger partial charge in [0.05, 0.1) is 19.9 Å². The molecule has 7 nitrogen and oxygen atoms in total. The molecule has 2 heterocycles. The van der Waals surface area contributed by atoms with Crippen LogP contribution in [-0.4, -0.2) is 24.8 Å². The van der Waals surface area contributed by atoms with E-state index in [1.807, 2.05) is 0 Å². The molecule has 3 aromatic rings. The van der Waals surface area contributed by atoms with Crippen molar-refractivity contribution in [1.29, 1.82) is 0 Å². The molecule has 0 atom stereocenters. The van der Waals surface area contributed by atoms with E-state index in [2.05, 4.69) is 10.5 Å².